The maximum absolute atomic E-state index is 12.4. The second-order valence-electron chi connectivity index (χ2n) is 8.29. The lowest BCUT2D eigenvalue weighted by Crippen LogP contribution is -2.32. The summed E-state index contributed by atoms with van der Waals surface area (Å²) in [6.07, 6.45) is -1.34. The number of hydrogen-bond acceptors (Lipinski definition) is 5. The molecule has 0 radical (unpaired) electrons. The van der Waals surface area contributed by atoms with E-state index < -0.39 is 18.7 Å². The number of aryl methyl sites for hydroxylation is 1. The Hall–Kier alpha value is -3.24. The van der Waals surface area contributed by atoms with Crippen molar-refractivity contribution in [3.05, 3.63) is 59.8 Å². The molecule has 0 spiro atoms. The summed E-state index contributed by atoms with van der Waals surface area (Å²) in [6.45, 7) is 1.93. The number of primary amides is 1. The normalized spacial score (nSPS) is 12.6. The smallest absolute Gasteiger partial charge is 0.422 e. The predicted molar refractivity (Wildman–Crippen MR) is 127 cm³/mol. The van der Waals surface area contributed by atoms with Crippen molar-refractivity contribution in [2.24, 2.45) is 5.73 Å². The Kier molecular flexibility index (Phi) is 9.00. The fraction of sp³-hybridized carbons (Fsp3) is 0.400. The van der Waals surface area contributed by atoms with Crippen molar-refractivity contribution < 1.29 is 32.5 Å². The number of benzene rings is 2. The van der Waals surface area contributed by atoms with Crippen LogP contribution >= 0.6 is 0 Å². The number of carbonyl (C=O) groups excluding carboxylic acids is 1. The van der Waals surface area contributed by atoms with Crippen molar-refractivity contribution in [1.82, 2.24) is 9.88 Å². The number of ether oxygens (including phenoxy) is 2. The summed E-state index contributed by atoms with van der Waals surface area (Å²) in [6, 6.07) is 12.0. The van der Waals surface area contributed by atoms with Crippen LogP contribution in [0.1, 0.15) is 29.3 Å². The summed E-state index contributed by atoms with van der Waals surface area (Å²) in [5.41, 5.74) is 7.78. The summed E-state index contributed by atoms with van der Waals surface area (Å²) in [4.78, 5) is 12.1. The number of halogens is 3. The van der Waals surface area contributed by atoms with E-state index in [9.17, 15) is 18.0 Å². The summed E-state index contributed by atoms with van der Waals surface area (Å²) in [5, 5.41) is 13.3. The van der Waals surface area contributed by atoms with E-state index in [2.05, 4.69) is 5.32 Å². The lowest BCUT2D eigenvalue weighted by Gasteiger charge is -2.17. The van der Waals surface area contributed by atoms with Crippen LogP contribution in [0.25, 0.3) is 10.9 Å². The van der Waals surface area contributed by atoms with Crippen LogP contribution < -0.4 is 20.5 Å². The molecule has 3 rings (SSSR count). The molecule has 0 aliphatic carbocycles. The minimum Gasteiger partial charge on any atom is -0.488 e. The van der Waals surface area contributed by atoms with Crippen LogP contribution in [0.15, 0.2) is 48.7 Å². The second-order valence-corrected chi connectivity index (χ2v) is 8.29. The molecule has 0 bridgehead atoms. The maximum atomic E-state index is 12.4. The van der Waals surface area contributed by atoms with E-state index in [1.807, 2.05) is 29.8 Å². The molecule has 0 saturated heterocycles. The molecule has 35 heavy (non-hydrogen) atoms. The highest BCUT2D eigenvalue weighted by atomic mass is 19.4. The molecule has 1 heterocycles. The lowest BCUT2D eigenvalue weighted by molar-refractivity contribution is -0.153. The van der Waals surface area contributed by atoms with Gasteiger partial charge in [-0.05, 0) is 55.7 Å². The Morgan fingerprint density at radius 1 is 1.17 bits per heavy atom. The third-order valence-electron chi connectivity index (χ3n) is 5.38. The highest BCUT2D eigenvalue weighted by Gasteiger charge is 2.29. The number of aromatic nitrogens is 1. The van der Waals surface area contributed by atoms with Crippen molar-refractivity contribution >= 4 is 16.8 Å². The first-order chi connectivity index (χ1) is 16.7. The van der Waals surface area contributed by atoms with Gasteiger partial charge in [0, 0.05) is 37.3 Å². The molecular formula is C25H30F3N3O4. The number of para-hydroxylation sites is 2. The van der Waals surface area contributed by atoms with Gasteiger partial charge in [-0.1, -0.05) is 12.1 Å². The molecular weight excluding hydrogens is 463 g/mol. The van der Waals surface area contributed by atoms with E-state index in [0.717, 1.165) is 16.5 Å². The van der Waals surface area contributed by atoms with Crippen molar-refractivity contribution in [2.75, 3.05) is 26.4 Å². The number of aliphatic hydroxyl groups is 1. The summed E-state index contributed by atoms with van der Waals surface area (Å²) < 4.78 is 49.7. The topological polar surface area (TPSA) is 98.7 Å². The molecule has 0 aliphatic rings. The molecule has 0 saturated carbocycles. The average molecular weight is 494 g/mol. The SMILES string of the molecule is C[C@H](Cc1cc(C(N)=O)c2c(ccn2CCCO)c1)NCCOc1ccccc1OCC(F)(F)F. The first-order valence-corrected chi connectivity index (χ1v) is 11.3. The van der Waals surface area contributed by atoms with Crippen molar-refractivity contribution in [1.29, 1.82) is 0 Å². The van der Waals surface area contributed by atoms with E-state index in [-0.39, 0.29) is 30.8 Å². The van der Waals surface area contributed by atoms with Gasteiger partial charge in [-0.15, -0.1) is 0 Å². The molecule has 1 amide bonds. The molecule has 10 heteroatoms. The Balaban J connectivity index is 1.56. The minimum atomic E-state index is -4.43. The molecule has 3 aromatic rings. The molecule has 1 aromatic heterocycles. The maximum Gasteiger partial charge on any atom is 0.422 e. The van der Waals surface area contributed by atoms with E-state index in [1.54, 1.807) is 24.3 Å². The number of nitrogens with two attached hydrogens (primary N) is 1. The minimum absolute atomic E-state index is 0.0324. The van der Waals surface area contributed by atoms with E-state index in [0.29, 0.717) is 31.5 Å². The van der Waals surface area contributed by atoms with Gasteiger partial charge in [-0.2, -0.15) is 13.2 Å². The van der Waals surface area contributed by atoms with Crippen LogP contribution in [0.2, 0.25) is 0 Å². The number of aliphatic hydroxyl groups excluding tert-OH is 1. The van der Waals surface area contributed by atoms with Gasteiger partial charge in [0.2, 0.25) is 0 Å². The van der Waals surface area contributed by atoms with Crippen LogP contribution in [-0.2, 0) is 13.0 Å². The zero-order chi connectivity index (χ0) is 25.4. The first kappa shape index (κ1) is 26.4. The number of rotatable bonds is 13. The summed E-state index contributed by atoms with van der Waals surface area (Å²) in [7, 11) is 0. The highest BCUT2D eigenvalue weighted by molar-refractivity contribution is 6.05. The van der Waals surface area contributed by atoms with Crippen LogP contribution in [-0.4, -0.2) is 54.2 Å². The zero-order valence-corrected chi connectivity index (χ0v) is 19.5. The van der Waals surface area contributed by atoms with Gasteiger partial charge in [0.15, 0.2) is 18.1 Å². The van der Waals surface area contributed by atoms with Gasteiger partial charge in [-0.25, -0.2) is 0 Å². The molecule has 0 fully saturated rings. The molecule has 4 N–H and O–H groups in total. The van der Waals surface area contributed by atoms with Gasteiger partial charge in [0.25, 0.3) is 5.91 Å². The number of nitrogens with zero attached hydrogens (tertiary/aromatic N) is 1. The zero-order valence-electron chi connectivity index (χ0n) is 19.5. The number of amides is 1. The third-order valence-corrected chi connectivity index (χ3v) is 5.38. The van der Waals surface area contributed by atoms with Gasteiger partial charge in [0.1, 0.15) is 6.61 Å². The molecule has 1 atom stereocenters. The van der Waals surface area contributed by atoms with Crippen molar-refractivity contribution in [3.8, 4) is 11.5 Å². The second kappa shape index (κ2) is 11.9. The van der Waals surface area contributed by atoms with E-state index in [4.69, 9.17) is 20.3 Å². The standard InChI is InChI=1S/C25H30F3N3O4/c1-17(30-8-12-34-21-5-2-3-6-22(21)35-16-25(26,27)28)13-18-14-19-7-10-31(9-4-11-32)23(19)20(15-18)24(29)33/h2-3,5-7,10,14-15,17,30,32H,4,8-9,11-13,16H2,1H3,(H2,29,33)/t17-/m1/s1. The number of fused-ring (bicyclic) bond motifs is 1. The molecule has 190 valence electrons. The number of carbonyl (C=O) groups is 1. The fourth-order valence-electron chi connectivity index (χ4n) is 3.88. The Bertz CT molecular complexity index is 1130. The highest BCUT2D eigenvalue weighted by Crippen LogP contribution is 2.28. The van der Waals surface area contributed by atoms with E-state index >= 15 is 0 Å². The number of nitrogens with one attached hydrogen (secondary N) is 1. The molecule has 2 aromatic carbocycles. The van der Waals surface area contributed by atoms with Gasteiger partial charge >= 0.3 is 6.18 Å². The lowest BCUT2D eigenvalue weighted by atomic mass is 10.0. The predicted octanol–water partition coefficient (Wildman–Crippen LogP) is 3.66. The average Bonchev–Trinajstić information content (AvgIpc) is 3.21. The number of alkyl halides is 3. The summed E-state index contributed by atoms with van der Waals surface area (Å²) in [5.74, 6) is -0.231. The Morgan fingerprint density at radius 2 is 1.89 bits per heavy atom. The fourth-order valence-corrected chi connectivity index (χ4v) is 3.88. The van der Waals surface area contributed by atoms with Crippen LogP contribution in [0.4, 0.5) is 13.2 Å². The van der Waals surface area contributed by atoms with Crippen molar-refractivity contribution in [3.63, 3.8) is 0 Å². The first-order valence-electron chi connectivity index (χ1n) is 11.3. The molecule has 0 aliphatic heterocycles. The Morgan fingerprint density at radius 3 is 2.54 bits per heavy atom. The number of hydrogen-bond donors (Lipinski definition) is 3. The monoisotopic (exact) mass is 493 g/mol. The van der Waals surface area contributed by atoms with Crippen LogP contribution in [0.5, 0.6) is 11.5 Å². The van der Waals surface area contributed by atoms with Gasteiger partial charge in [-0.3, -0.25) is 4.79 Å². The van der Waals surface area contributed by atoms with Crippen molar-refractivity contribution in [2.45, 2.75) is 38.5 Å². The Labute approximate surface area is 201 Å². The summed E-state index contributed by atoms with van der Waals surface area (Å²) >= 11 is 0. The quantitative estimate of drug-likeness (QED) is 0.316. The third kappa shape index (κ3) is 7.63. The van der Waals surface area contributed by atoms with Gasteiger partial charge < -0.3 is 30.2 Å². The van der Waals surface area contributed by atoms with Crippen LogP contribution in [0, 0.1) is 0 Å². The van der Waals surface area contributed by atoms with Crippen LogP contribution in [0.3, 0.4) is 0 Å². The van der Waals surface area contributed by atoms with E-state index in [1.165, 1.54) is 6.07 Å². The van der Waals surface area contributed by atoms with Gasteiger partial charge in [0.05, 0.1) is 11.1 Å². The molecule has 7 nitrogen and oxygen atoms in total. The molecule has 0 unspecified atom stereocenters. The largest absolute Gasteiger partial charge is 0.488 e.